The van der Waals surface area contributed by atoms with Gasteiger partial charge in [-0.15, -0.1) is 10.2 Å². The largest absolute Gasteiger partial charge is 0.324 e. The third kappa shape index (κ3) is 3.31. The van der Waals surface area contributed by atoms with Crippen LogP contribution in [0.5, 0.6) is 0 Å². The zero-order valence-corrected chi connectivity index (χ0v) is 10.2. The fraction of sp³-hybridized carbons (Fsp3) is 0.182. The average molecular weight is 266 g/mol. The topological polar surface area (TPSA) is 80.9 Å². The number of anilines is 1. The van der Waals surface area contributed by atoms with Crippen LogP contribution in [0.4, 0.5) is 9.52 Å². The molecule has 0 unspecified atom stereocenters. The van der Waals surface area contributed by atoms with Crippen molar-refractivity contribution in [1.29, 1.82) is 0 Å². The number of rotatable bonds is 4. The highest BCUT2D eigenvalue weighted by molar-refractivity contribution is 7.15. The van der Waals surface area contributed by atoms with Crippen molar-refractivity contribution in [3.05, 3.63) is 40.7 Å². The molecule has 5 nitrogen and oxygen atoms in total. The summed E-state index contributed by atoms with van der Waals surface area (Å²) in [5, 5.41) is 11.3. The number of nitrogens with zero attached hydrogens (tertiary/aromatic N) is 2. The van der Waals surface area contributed by atoms with Crippen molar-refractivity contribution in [2.75, 3.05) is 5.32 Å². The molecule has 0 atom stereocenters. The summed E-state index contributed by atoms with van der Waals surface area (Å²) in [4.78, 5) is 11.7. The standard InChI is InChI=1S/C11H11FN4OS/c12-8-3-1-7(2-4-8)5-9(17)14-11-16-15-10(6-13)18-11/h1-4H,5-6,13H2,(H,14,16,17). The van der Waals surface area contributed by atoms with Crippen LogP contribution in [0.25, 0.3) is 0 Å². The van der Waals surface area contributed by atoms with E-state index in [-0.39, 0.29) is 18.1 Å². The predicted molar refractivity (Wildman–Crippen MR) is 66.5 cm³/mol. The molecule has 7 heteroatoms. The summed E-state index contributed by atoms with van der Waals surface area (Å²) in [5.74, 6) is -0.544. The molecule has 0 saturated heterocycles. The maximum Gasteiger partial charge on any atom is 0.230 e. The van der Waals surface area contributed by atoms with E-state index in [1.54, 1.807) is 12.1 Å². The van der Waals surface area contributed by atoms with E-state index in [9.17, 15) is 9.18 Å². The molecule has 18 heavy (non-hydrogen) atoms. The highest BCUT2D eigenvalue weighted by Crippen LogP contribution is 2.14. The van der Waals surface area contributed by atoms with E-state index in [1.807, 2.05) is 0 Å². The van der Waals surface area contributed by atoms with E-state index >= 15 is 0 Å². The number of aromatic nitrogens is 2. The van der Waals surface area contributed by atoms with Crippen LogP contribution in [0.2, 0.25) is 0 Å². The second-order valence-electron chi connectivity index (χ2n) is 3.56. The van der Waals surface area contributed by atoms with Gasteiger partial charge in [0.25, 0.3) is 0 Å². The first-order valence-electron chi connectivity index (χ1n) is 5.24. The molecule has 0 radical (unpaired) electrons. The van der Waals surface area contributed by atoms with Crippen LogP contribution in [-0.4, -0.2) is 16.1 Å². The first-order chi connectivity index (χ1) is 8.67. The van der Waals surface area contributed by atoms with Crippen molar-refractivity contribution in [3.63, 3.8) is 0 Å². The van der Waals surface area contributed by atoms with Gasteiger partial charge in [0, 0.05) is 6.54 Å². The van der Waals surface area contributed by atoms with Crippen LogP contribution < -0.4 is 11.1 Å². The first kappa shape index (κ1) is 12.6. The zero-order valence-electron chi connectivity index (χ0n) is 9.39. The second kappa shape index (κ2) is 5.65. The lowest BCUT2D eigenvalue weighted by molar-refractivity contribution is -0.115. The van der Waals surface area contributed by atoms with Gasteiger partial charge in [-0.25, -0.2) is 4.39 Å². The number of carbonyl (C=O) groups is 1. The molecule has 0 aliphatic heterocycles. The Morgan fingerprint density at radius 1 is 1.33 bits per heavy atom. The molecule has 94 valence electrons. The van der Waals surface area contributed by atoms with Crippen LogP contribution >= 0.6 is 11.3 Å². The number of hydrogen-bond donors (Lipinski definition) is 2. The summed E-state index contributed by atoms with van der Waals surface area (Å²) >= 11 is 1.24. The van der Waals surface area contributed by atoms with Gasteiger partial charge in [-0.1, -0.05) is 23.5 Å². The Morgan fingerprint density at radius 3 is 2.67 bits per heavy atom. The fourth-order valence-electron chi connectivity index (χ4n) is 1.34. The first-order valence-corrected chi connectivity index (χ1v) is 6.06. The van der Waals surface area contributed by atoms with Crippen molar-refractivity contribution < 1.29 is 9.18 Å². The van der Waals surface area contributed by atoms with E-state index in [4.69, 9.17) is 5.73 Å². The minimum Gasteiger partial charge on any atom is -0.324 e. The molecule has 0 aliphatic carbocycles. The fourth-order valence-corrected chi connectivity index (χ4v) is 1.97. The van der Waals surface area contributed by atoms with Crippen LogP contribution in [0, 0.1) is 5.82 Å². The van der Waals surface area contributed by atoms with Gasteiger partial charge >= 0.3 is 0 Å². The molecule has 0 saturated carbocycles. The molecular formula is C11H11FN4OS. The lowest BCUT2D eigenvalue weighted by atomic mass is 10.1. The molecule has 2 rings (SSSR count). The summed E-state index contributed by atoms with van der Waals surface area (Å²) < 4.78 is 12.7. The monoisotopic (exact) mass is 266 g/mol. The molecule has 0 fully saturated rings. The minimum absolute atomic E-state index is 0.165. The maximum absolute atomic E-state index is 12.7. The van der Waals surface area contributed by atoms with Gasteiger partial charge in [0.2, 0.25) is 11.0 Å². The summed E-state index contributed by atoms with van der Waals surface area (Å²) in [6, 6.07) is 5.78. The Labute approximate surface area is 107 Å². The highest BCUT2D eigenvalue weighted by atomic mass is 32.1. The van der Waals surface area contributed by atoms with Gasteiger partial charge in [0.1, 0.15) is 10.8 Å². The number of benzene rings is 1. The van der Waals surface area contributed by atoms with Crippen molar-refractivity contribution in [1.82, 2.24) is 10.2 Å². The Hall–Kier alpha value is -1.86. The van der Waals surface area contributed by atoms with Crippen molar-refractivity contribution in [2.45, 2.75) is 13.0 Å². The number of nitrogens with two attached hydrogens (primary N) is 1. The van der Waals surface area contributed by atoms with E-state index < -0.39 is 0 Å². The van der Waals surface area contributed by atoms with E-state index in [0.717, 1.165) is 5.56 Å². The smallest absolute Gasteiger partial charge is 0.230 e. The summed E-state index contributed by atoms with van der Waals surface area (Å²) in [7, 11) is 0. The van der Waals surface area contributed by atoms with Gasteiger partial charge in [-0.2, -0.15) is 0 Å². The van der Waals surface area contributed by atoms with Crippen LogP contribution in [0.1, 0.15) is 10.6 Å². The summed E-state index contributed by atoms with van der Waals surface area (Å²) in [6.45, 7) is 0.297. The number of amides is 1. The summed E-state index contributed by atoms with van der Waals surface area (Å²) in [6.07, 6.45) is 0.165. The second-order valence-corrected chi connectivity index (χ2v) is 4.62. The van der Waals surface area contributed by atoms with Gasteiger partial charge < -0.3 is 11.1 Å². The molecule has 2 aromatic rings. The Kier molecular flexibility index (Phi) is 3.96. The lowest BCUT2D eigenvalue weighted by Gasteiger charge is -2.01. The van der Waals surface area contributed by atoms with Crippen LogP contribution in [0.3, 0.4) is 0 Å². The Bertz CT molecular complexity index is 540. The minimum atomic E-state index is -0.323. The molecular weight excluding hydrogens is 255 g/mol. The van der Waals surface area contributed by atoms with Crippen molar-refractivity contribution in [2.24, 2.45) is 5.73 Å². The average Bonchev–Trinajstić information content (AvgIpc) is 2.79. The molecule has 0 spiro atoms. The number of carbonyl (C=O) groups excluding carboxylic acids is 1. The normalized spacial score (nSPS) is 10.3. The van der Waals surface area contributed by atoms with E-state index in [2.05, 4.69) is 15.5 Å². The SMILES string of the molecule is NCc1nnc(NC(=O)Cc2ccc(F)cc2)s1. The Morgan fingerprint density at radius 2 is 2.06 bits per heavy atom. The van der Waals surface area contributed by atoms with Crippen molar-refractivity contribution >= 4 is 22.4 Å². The molecule has 1 aromatic carbocycles. The maximum atomic E-state index is 12.7. The van der Waals surface area contributed by atoms with Gasteiger partial charge in [0.15, 0.2) is 0 Å². The molecule has 1 aromatic heterocycles. The quantitative estimate of drug-likeness (QED) is 0.874. The molecule has 0 bridgehead atoms. The number of hydrogen-bond acceptors (Lipinski definition) is 5. The lowest BCUT2D eigenvalue weighted by Crippen LogP contribution is -2.14. The van der Waals surface area contributed by atoms with E-state index in [1.165, 1.54) is 23.5 Å². The molecule has 3 N–H and O–H groups in total. The van der Waals surface area contributed by atoms with Crippen LogP contribution in [0.15, 0.2) is 24.3 Å². The van der Waals surface area contributed by atoms with Crippen LogP contribution in [-0.2, 0) is 17.8 Å². The molecule has 1 amide bonds. The number of nitrogens with one attached hydrogen (secondary N) is 1. The zero-order chi connectivity index (χ0) is 13.0. The highest BCUT2D eigenvalue weighted by Gasteiger charge is 2.08. The van der Waals surface area contributed by atoms with E-state index in [0.29, 0.717) is 16.7 Å². The number of halogens is 1. The predicted octanol–water partition coefficient (Wildman–Crippen LogP) is 1.32. The van der Waals surface area contributed by atoms with Crippen molar-refractivity contribution in [3.8, 4) is 0 Å². The summed E-state index contributed by atoms with van der Waals surface area (Å²) in [5.41, 5.74) is 6.13. The van der Waals surface area contributed by atoms with Gasteiger partial charge in [-0.3, -0.25) is 4.79 Å². The van der Waals surface area contributed by atoms with Gasteiger partial charge in [0.05, 0.1) is 6.42 Å². The van der Waals surface area contributed by atoms with Gasteiger partial charge in [-0.05, 0) is 17.7 Å². The third-order valence-corrected chi connectivity index (χ3v) is 3.03. The molecule has 1 heterocycles. The Balaban J connectivity index is 1.94. The molecule has 0 aliphatic rings. The third-order valence-electron chi connectivity index (χ3n) is 2.17.